The van der Waals surface area contributed by atoms with Crippen LogP contribution in [0.15, 0.2) is 73.6 Å². The van der Waals surface area contributed by atoms with Gasteiger partial charge in [0.15, 0.2) is 0 Å². The monoisotopic (exact) mass is 401 g/mol. The molecule has 0 atom stereocenters. The number of carbonyl (C=O) groups is 1. The molecule has 1 aliphatic heterocycles. The van der Waals surface area contributed by atoms with Gasteiger partial charge in [-0.1, -0.05) is 18.7 Å². The van der Waals surface area contributed by atoms with Crippen LogP contribution in [0.5, 0.6) is 0 Å². The summed E-state index contributed by atoms with van der Waals surface area (Å²) in [4.78, 5) is 22.5. The van der Waals surface area contributed by atoms with Crippen molar-refractivity contribution < 1.29 is 9.53 Å². The van der Waals surface area contributed by atoms with E-state index in [1.807, 2.05) is 42.5 Å². The van der Waals surface area contributed by atoms with Crippen LogP contribution in [0.3, 0.4) is 0 Å². The number of anilines is 4. The van der Waals surface area contributed by atoms with E-state index in [1.54, 1.807) is 0 Å². The van der Waals surface area contributed by atoms with Crippen molar-refractivity contribution >= 4 is 28.8 Å². The third kappa shape index (κ3) is 4.82. The Labute approximate surface area is 175 Å². The Hall–Kier alpha value is -3.71. The van der Waals surface area contributed by atoms with Gasteiger partial charge in [-0.15, -0.1) is 0 Å². The zero-order chi connectivity index (χ0) is 20.8. The number of hydrogen-bond acceptors (Lipinski definition) is 6. The number of morpholine rings is 1. The first kappa shape index (κ1) is 19.6. The molecule has 0 saturated carbocycles. The minimum Gasteiger partial charge on any atom is -0.378 e. The Bertz CT molecular complexity index is 1030. The van der Waals surface area contributed by atoms with Gasteiger partial charge in [-0.3, -0.25) is 4.79 Å². The number of carbonyl (C=O) groups excluding carboxylic acids is 1. The fourth-order valence-electron chi connectivity index (χ4n) is 3.26. The molecular formula is C23H23N5O2. The van der Waals surface area contributed by atoms with Crippen LogP contribution in [-0.2, 0) is 9.53 Å². The summed E-state index contributed by atoms with van der Waals surface area (Å²) < 4.78 is 5.41. The lowest BCUT2D eigenvalue weighted by Crippen LogP contribution is -2.36. The number of hydrogen-bond donors (Lipinski definition) is 2. The summed E-state index contributed by atoms with van der Waals surface area (Å²) in [6, 6.07) is 17.6. The van der Waals surface area contributed by atoms with Crippen LogP contribution in [0.2, 0.25) is 0 Å². The molecule has 152 valence electrons. The summed E-state index contributed by atoms with van der Waals surface area (Å²) >= 11 is 0. The largest absolute Gasteiger partial charge is 0.378 e. The van der Waals surface area contributed by atoms with E-state index in [0.717, 1.165) is 43.2 Å². The predicted octanol–water partition coefficient (Wildman–Crippen LogP) is 3.85. The normalized spacial score (nSPS) is 13.5. The molecule has 7 nitrogen and oxygen atoms in total. The van der Waals surface area contributed by atoms with E-state index in [1.165, 1.54) is 18.1 Å². The number of rotatable bonds is 6. The molecule has 0 unspecified atom stereocenters. The van der Waals surface area contributed by atoms with E-state index in [4.69, 9.17) is 4.74 Å². The first-order chi connectivity index (χ1) is 14.7. The van der Waals surface area contributed by atoms with E-state index in [-0.39, 0.29) is 5.91 Å². The van der Waals surface area contributed by atoms with Crippen LogP contribution in [-0.4, -0.2) is 42.2 Å². The van der Waals surface area contributed by atoms with Crippen LogP contribution in [0.25, 0.3) is 11.3 Å². The lowest BCUT2D eigenvalue weighted by Gasteiger charge is -2.28. The van der Waals surface area contributed by atoms with E-state index in [2.05, 4.69) is 44.2 Å². The molecule has 1 amide bonds. The quantitative estimate of drug-likeness (QED) is 0.611. The molecule has 7 heteroatoms. The second kappa shape index (κ2) is 9.19. The van der Waals surface area contributed by atoms with Gasteiger partial charge in [0.25, 0.3) is 0 Å². The van der Waals surface area contributed by atoms with Gasteiger partial charge >= 0.3 is 0 Å². The van der Waals surface area contributed by atoms with Crippen molar-refractivity contribution in [2.75, 3.05) is 41.8 Å². The topological polar surface area (TPSA) is 79.4 Å². The van der Waals surface area contributed by atoms with Gasteiger partial charge in [-0.25, -0.2) is 9.97 Å². The molecule has 0 aliphatic carbocycles. The Balaban J connectivity index is 1.48. The minimum atomic E-state index is -0.252. The number of ether oxygens (including phenoxy) is 1. The van der Waals surface area contributed by atoms with Gasteiger partial charge in [0.05, 0.1) is 18.9 Å². The second-order valence-electron chi connectivity index (χ2n) is 6.83. The number of amides is 1. The van der Waals surface area contributed by atoms with Gasteiger partial charge < -0.3 is 20.3 Å². The standard InChI is InChI=1S/C23H23N5O2/c1-2-23(29)27-19-5-3-4-17(14-19)21-15-22(25-16-24-21)26-18-6-8-20(9-7-18)28-10-12-30-13-11-28/h2-9,14-16H,1,10-13H2,(H,27,29)(H,24,25,26). The first-order valence-corrected chi connectivity index (χ1v) is 9.77. The van der Waals surface area contributed by atoms with E-state index < -0.39 is 0 Å². The highest BCUT2D eigenvalue weighted by atomic mass is 16.5. The number of nitrogens with one attached hydrogen (secondary N) is 2. The van der Waals surface area contributed by atoms with E-state index in [0.29, 0.717) is 11.5 Å². The van der Waals surface area contributed by atoms with Crippen molar-refractivity contribution in [1.29, 1.82) is 0 Å². The Morgan fingerprint density at radius 1 is 1.03 bits per heavy atom. The lowest BCUT2D eigenvalue weighted by atomic mass is 10.1. The van der Waals surface area contributed by atoms with Gasteiger partial charge in [0, 0.05) is 41.8 Å². The zero-order valence-electron chi connectivity index (χ0n) is 16.5. The predicted molar refractivity (Wildman–Crippen MR) is 119 cm³/mol. The molecular weight excluding hydrogens is 378 g/mol. The summed E-state index contributed by atoms with van der Waals surface area (Å²) in [5.41, 5.74) is 4.45. The molecule has 0 bridgehead atoms. The van der Waals surface area contributed by atoms with Gasteiger partial charge in [0.1, 0.15) is 12.1 Å². The molecule has 1 saturated heterocycles. The Morgan fingerprint density at radius 3 is 2.60 bits per heavy atom. The van der Waals surface area contributed by atoms with Crippen LogP contribution in [0.1, 0.15) is 0 Å². The van der Waals surface area contributed by atoms with Crippen molar-refractivity contribution in [2.24, 2.45) is 0 Å². The number of nitrogens with zero attached hydrogens (tertiary/aromatic N) is 3. The summed E-state index contributed by atoms with van der Waals surface area (Å²) in [6.45, 7) is 6.83. The molecule has 1 fully saturated rings. The summed E-state index contributed by atoms with van der Waals surface area (Å²) in [6.07, 6.45) is 2.76. The molecule has 2 aromatic carbocycles. The SMILES string of the molecule is C=CC(=O)Nc1cccc(-c2cc(Nc3ccc(N4CCOCC4)cc3)ncn2)c1. The smallest absolute Gasteiger partial charge is 0.247 e. The third-order valence-corrected chi connectivity index (χ3v) is 4.79. The zero-order valence-corrected chi connectivity index (χ0v) is 16.5. The van der Waals surface area contributed by atoms with Crippen molar-refractivity contribution in [3.05, 3.63) is 73.6 Å². The van der Waals surface area contributed by atoms with E-state index in [9.17, 15) is 4.79 Å². The maximum Gasteiger partial charge on any atom is 0.247 e. The summed E-state index contributed by atoms with van der Waals surface area (Å²) in [5.74, 6) is 0.442. The second-order valence-corrected chi connectivity index (χ2v) is 6.83. The fraction of sp³-hybridized carbons (Fsp3) is 0.174. The molecule has 3 aromatic rings. The van der Waals surface area contributed by atoms with E-state index >= 15 is 0 Å². The van der Waals surface area contributed by atoms with Gasteiger partial charge in [-0.05, 0) is 42.5 Å². The summed E-state index contributed by atoms with van der Waals surface area (Å²) in [7, 11) is 0. The van der Waals surface area contributed by atoms with Gasteiger partial charge in [-0.2, -0.15) is 0 Å². The lowest BCUT2D eigenvalue weighted by molar-refractivity contribution is -0.111. The van der Waals surface area contributed by atoms with Crippen LogP contribution < -0.4 is 15.5 Å². The summed E-state index contributed by atoms with van der Waals surface area (Å²) in [5, 5.41) is 6.08. The first-order valence-electron chi connectivity index (χ1n) is 9.77. The molecule has 2 heterocycles. The Morgan fingerprint density at radius 2 is 1.83 bits per heavy atom. The molecule has 2 N–H and O–H groups in total. The molecule has 30 heavy (non-hydrogen) atoms. The van der Waals surface area contributed by atoms with Crippen LogP contribution in [0.4, 0.5) is 22.9 Å². The van der Waals surface area contributed by atoms with Crippen molar-refractivity contribution in [3.8, 4) is 11.3 Å². The fourth-order valence-corrected chi connectivity index (χ4v) is 3.26. The third-order valence-electron chi connectivity index (χ3n) is 4.79. The Kier molecular flexibility index (Phi) is 6.01. The molecule has 4 rings (SSSR count). The minimum absolute atomic E-state index is 0.252. The molecule has 1 aliphatic rings. The van der Waals surface area contributed by atoms with Crippen molar-refractivity contribution in [2.45, 2.75) is 0 Å². The highest BCUT2D eigenvalue weighted by Gasteiger charge is 2.11. The van der Waals surface area contributed by atoms with Crippen molar-refractivity contribution in [1.82, 2.24) is 9.97 Å². The number of benzene rings is 2. The van der Waals surface area contributed by atoms with Crippen LogP contribution in [0, 0.1) is 0 Å². The van der Waals surface area contributed by atoms with Gasteiger partial charge in [0.2, 0.25) is 5.91 Å². The molecule has 0 radical (unpaired) electrons. The van der Waals surface area contributed by atoms with Crippen molar-refractivity contribution in [3.63, 3.8) is 0 Å². The highest BCUT2D eigenvalue weighted by Crippen LogP contribution is 2.25. The number of aromatic nitrogens is 2. The maximum atomic E-state index is 11.5. The average molecular weight is 401 g/mol. The van der Waals surface area contributed by atoms with Crippen LogP contribution >= 0.6 is 0 Å². The molecule has 1 aromatic heterocycles. The maximum absolute atomic E-state index is 11.5. The highest BCUT2D eigenvalue weighted by molar-refractivity contribution is 5.99. The average Bonchev–Trinajstić information content (AvgIpc) is 2.80. The molecule has 0 spiro atoms.